The van der Waals surface area contributed by atoms with Crippen LogP contribution in [0.1, 0.15) is 20.0 Å². The third-order valence-corrected chi connectivity index (χ3v) is 5.14. The van der Waals surface area contributed by atoms with E-state index in [1.54, 1.807) is 36.4 Å². The number of para-hydroxylation sites is 1. The lowest BCUT2D eigenvalue weighted by molar-refractivity contribution is 0.102. The van der Waals surface area contributed by atoms with Gasteiger partial charge in [0.15, 0.2) is 0 Å². The highest BCUT2D eigenvalue weighted by Gasteiger charge is 2.13. The van der Waals surface area contributed by atoms with Gasteiger partial charge in [-0.1, -0.05) is 35.9 Å². The van der Waals surface area contributed by atoms with Gasteiger partial charge < -0.3 is 10.6 Å². The number of rotatable bonds is 4. The van der Waals surface area contributed by atoms with E-state index in [4.69, 9.17) is 11.6 Å². The van der Waals surface area contributed by atoms with Crippen LogP contribution in [-0.4, -0.2) is 16.8 Å². The normalized spacial score (nSPS) is 10.6. The molecule has 4 aromatic rings. The number of fused-ring (bicyclic) bond motifs is 1. The predicted molar refractivity (Wildman–Crippen MR) is 113 cm³/mol. The highest BCUT2D eigenvalue weighted by Crippen LogP contribution is 2.23. The molecule has 0 saturated carbocycles. The van der Waals surface area contributed by atoms with Gasteiger partial charge >= 0.3 is 0 Å². The van der Waals surface area contributed by atoms with Gasteiger partial charge in [0.1, 0.15) is 5.15 Å². The third-order valence-electron chi connectivity index (χ3n) is 4.08. The maximum absolute atomic E-state index is 12.7. The summed E-state index contributed by atoms with van der Waals surface area (Å²) >= 11 is 7.43. The predicted octanol–water partition coefficient (Wildman–Crippen LogP) is 5.45. The molecule has 138 valence electrons. The Morgan fingerprint density at radius 1 is 0.857 bits per heavy atom. The first-order valence-electron chi connectivity index (χ1n) is 8.42. The van der Waals surface area contributed by atoms with Gasteiger partial charge in [0, 0.05) is 16.8 Å². The molecule has 0 radical (unpaired) electrons. The van der Waals surface area contributed by atoms with Crippen molar-refractivity contribution in [3.8, 4) is 0 Å². The largest absolute Gasteiger partial charge is 0.322 e. The molecule has 5 nitrogen and oxygen atoms in total. The molecule has 0 bridgehead atoms. The van der Waals surface area contributed by atoms with Gasteiger partial charge in [0.25, 0.3) is 11.8 Å². The summed E-state index contributed by atoms with van der Waals surface area (Å²) < 4.78 is 0. The number of hydrogen-bond donors (Lipinski definition) is 2. The average Bonchev–Trinajstić information content (AvgIpc) is 3.24. The Kier molecular flexibility index (Phi) is 5.06. The van der Waals surface area contributed by atoms with Crippen LogP contribution in [0.2, 0.25) is 5.15 Å². The lowest BCUT2D eigenvalue weighted by Gasteiger charge is -2.09. The number of carbonyl (C=O) groups is 2. The molecule has 0 fully saturated rings. The van der Waals surface area contributed by atoms with E-state index in [0.717, 1.165) is 5.39 Å². The number of amides is 2. The molecule has 7 heteroatoms. The fraction of sp³-hybridized carbons (Fsp3) is 0. The smallest absolute Gasteiger partial charge is 0.265 e. The number of thiophene rings is 1. The Hall–Kier alpha value is -3.22. The van der Waals surface area contributed by atoms with E-state index < -0.39 is 0 Å². The van der Waals surface area contributed by atoms with Gasteiger partial charge in [0.05, 0.1) is 16.0 Å². The first-order valence-corrected chi connectivity index (χ1v) is 9.67. The zero-order chi connectivity index (χ0) is 19.5. The minimum Gasteiger partial charge on any atom is -0.322 e. The minimum atomic E-state index is -0.282. The second-order valence-corrected chi connectivity index (χ2v) is 7.31. The minimum absolute atomic E-state index is 0.162. The first-order chi connectivity index (χ1) is 13.6. The van der Waals surface area contributed by atoms with Crippen molar-refractivity contribution in [2.24, 2.45) is 0 Å². The zero-order valence-corrected chi connectivity index (χ0v) is 16.1. The summed E-state index contributed by atoms with van der Waals surface area (Å²) in [4.78, 5) is 29.7. The van der Waals surface area contributed by atoms with Gasteiger partial charge in [-0.15, -0.1) is 11.3 Å². The number of benzene rings is 2. The lowest BCUT2D eigenvalue weighted by Crippen LogP contribution is -2.13. The third kappa shape index (κ3) is 3.88. The van der Waals surface area contributed by atoms with Crippen molar-refractivity contribution in [1.29, 1.82) is 0 Å². The van der Waals surface area contributed by atoms with Crippen molar-refractivity contribution in [3.63, 3.8) is 0 Å². The molecule has 0 spiro atoms. The van der Waals surface area contributed by atoms with Crippen LogP contribution in [0, 0.1) is 0 Å². The Balaban J connectivity index is 1.50. The van der Waals surface area contributed by atoms with Gasteiger partial charge in [-0.2, -0.15) is 0 Å². The van der Waals surface area contributed by atoms with Gasteiger partial charge in [-0.3, -0.25) is 9.59 Å². The second kappa shape index (κ2) is 7.80. The molecule has 0 aliphatic carbocycles. The molecule has 2 heterocycles. The highest BCUT2D eigenvalue weighted by atomic mass is 35.5. The summed E-state index contributed by atoms with van der Waals surface area (Å²) in [6, 6.07) is 19.4. The molecule has 2 aromatic heterocycles. The van der Waals surface area contributed by atoms with E-state index in [1.807, 2.05) is 35.7 Å². The van der Waals surface area contributed by atoms with E-state index in [2.05, 4.69) is 15.6 Å². The van der Waals surface area contributed by atoms with Gasteiger partial charge in [0.2, 0.25) is 0 Å². The Morgan fingerprint density at radius 3 is 2.21 bits per heavy atom. The Morgan fingerprint density at radius 2 is 1.54 bits per heavy atom. The lowest BCUT2D eigenvalue weighted by atomic mass is 10.1. The van der Waals surface area contributed by atoms with Crippen LogP contribution in [0.15, 0.2) is 72.1 Å². The summed E-state index contributed by atoms with van der Waals surface area (Å²) in [5, 5.41) is 8.51. The van der Waals surface area contributed by atoms with Crippen molar-refractivity contribution >= 4 is 57.0 Å². The molecule has 2 aromatic carbocycles. The summed E-state index contributed by atoms with van der Waals surface area (Å²) in [5.41, 5.74) is 2.36. The van der Waals surface area contributed by atoms with Gasteiger partial charge in [-0.05, 0) is 47.8 Å². The summed E-state index contributed by atoms with van der Waals surface area (Å²) in [7, 11) is 0. The van der Waals surface area contributed by atoms with Crippen LogP contribution in [0.5, 0.6) is 0 Å². The number of nitrogens with one attached hydrogen (secondary N) is 2. The standard InChI is InChI=1S/C21H14ClN3O2S/c22-19-12-16(15-4-1-2-5-17(15)25-19)20(26)23-13-7-9-14(10-8-13)24-21(27)18-6-3-11-28-18/h1-12H,(H,23,26)(H,24,27). The summed E-state index contributed by atoms with van der Waals surface area (Å²) in [6.45, 7) is 0. The second-order valence-electron chi connectivity index (χ2n) is 5.97. The number of hydrogen-bond acceptors (Lipinski definition) is 4. The fourth-order valence-corrected chi connectivity index (χ4v) is 3.59. The average molecular weight is 408 g/mol. The van der Waals surface area contributed by atoms with Crippen molar-refractivity contribution in [3.05, 3.63) is 87.7 Å². The highest BCUT2D eigenvalue weighted by molar-refractivity contribution is 7.12. The molecule has 2 N–H and O–H groups in total. The number of nitrogens with zero attached hydrogens (tertiary/aromatic N) is 1. The number of aromatic nitrogens is 1. The van der Waals surface area contributed by atoms with Crippen LogP contribution in [0.3, 0.4) is 0 Å². The van der Waals surface area contributed by atoms with Crippen molar-refractivity contribution < 1.29 is 9.59 Å². The molecular formula is C21H14ClN3O2S. The van der Waals surface area contributed by atoms with Crippen LogP contribution in [-0.2, 0) is 0 Å². The molecule has 0 aliphatic rings. The van der Waals surface area contributed by atoms with Crippen molar-refractivity contribution in [2.45, 2.75) is 0 Å². The molecule has 0 saturated heterocycles. The van der Waals surface area contributed by atoms with E-state index in [1.165, 1.54) is 11.3 Å². The molecular weight excluding hydrogens is 394 g/mol. The Bertz CT molecular complexity index is 1160. The molecule has 2 amide bonds. The Labute approximate surface area is 170 Å². The number of anilines is 2. The van der Waals surface area contributed by atoms with Crippen LogP contribution < -0.4 is 10.6 Å². The molecule has 0 atom stereocenters. The summed E-state index contributed by atoms with van der Waals surface area (Å²) in [6.07, 6.45) is 0. The molecule has 4 rings (SSSR count). The van der Waals surface area contributed by atoms with Crippen molar-refractivity contribution in [1.82, 2.24) is 4.98 Å². The number of halogens is 1. The SMILES string of the molecule is O=C(Nc1ccc(NC(=O)c2cc(Cl)nc3ccccc23)cc1)c1cccs1. The van der Waals surface area contributed by atoms with E-state index >= 15 is 0 Å². The van der Waals surface area contributed by atoms with E-state index in [0.29, 0.717) is 27.3 Å². The zero-order valence-electron chi connectivity index (χ0n) is 14.5. The fourth-order valence-electron chi connectivity index (χ4n) is 2.77. The topological polar surface area (TPSA) is 71.1 Å². The van der Waals surface area contributed by atoms with Crippen LogP contribution in [0.25, 0.3) is 10.9 Å². The van der Waals surface area contributed by atoms with Gasteiger partial charge in [-0.25, -0.2) is 4.98 Å². The quantitative estimate of drug-likeness (QED) is 0.441. The number of pyridine rings is 1. The monoisotopic (exact) mass is 407 g/mol. The van der Waals surface area contributed by atoms with Crippen LogP contribution in [0.4, 0.5) is 11.4 Å². The maximum atomic E-state index is 12.7. The van der Waals surface area contributed by atoms with E-state index in [-0.39, 0.29) is 17.0 Å². The van der Waals surface area contributed by atoms with Crippen LogP contribution >= 0.6 is 22.9 Å². The first kappa shape index (κ1) is 18.2. The molecule has 0 unspecified atom stereocenters. The maximum Gasteiger partial charge on any atom is 0.265 e. The summed E-state index contributed by atoms with van der Waals surface area (Å²) in [5.74, 6) is -0.444. The molecule has 0 aliphatic heterocycles. The van der Waals surface area contributed by atoms with E-state index in [9.17, 15) is 9.59 Å². The van der Waals surface area contributed by atoms with Crippen molar-refractivity contribution in [2.75, 3.05) is 10.6 Å². The number of carbonyl (C=O) groups excluding carboxylic acids is 2. The molecule has 28 heavy (non-hydrogen) atoms.